The fourth-order valence-corrected chi connectivity index (χ4v) is 2.04. The molecule has 0 heterocycles. The molecule has 0 saturated heterocycles. The Morgan fingerprint density at radius 1 is 1.53 bits per heavy atom. The summed E-state index contributed by atoms with van der Waals surface area (Å²) < 4.78 is 0. The van der Waals surface area contributed by atoms with Crippen LogP contribution in [0.15, 0.2) is 0 Å². The summed E-state index contributed by atoms with van der Waals surface area (Å²) in [5.41, 5.74) is 4.92. The van der Waals surface area contributed by atoms with Crippen LogP contribution in [0.5, 0.6) is 0 Å². The first-order valence-electron chi connectivity index (χ1n) is 6.03. The lowest BCUT2D eigenvalue weighted by molar-refractivity contribution is -0.126. The second-order valence-electron chi connectivity index (χ2n) is 4.43. The molecule has 3 amide bonds. The number of imide groups is 1. The number of aliphatic hydroxyl groups excluding tert-OH is 1. The zero-order valence-corrected chi connectivity index (χ0v) is 10.2. The maximum Gasteiger partial charge on any atom is 0.318 e. The van der Waals surface area contributed by atoms with Crippen LogP contribution >= 0.6 is 0 Å². The lowest BCUT2D eigenvalue weighted by Gasteiger charge is -2.40. The molecule has 6 nitrogen and oxygen atoms in total. The molecule has 6 heteroatoms. The number of aliphatic hydroxyl groups is 1. The summed E-state index contributed by atoms with van der Waals surface area (Å²) >= 11 is 0. The molecule has 1 unspecified atom stereocenters. The zero-order valence-electron chi connectivity index (χ0n) is 10.2. The Bertz CT molecular complexity index is 279. The second kappa shape index (κ2) is 6.56. The third-order valence-electron chi connectivity index (χ3n) is 3.24. The predicted molar refractivity (Wildman–Crippen MR) is 63.2 cm³/mol. The maximum atomic E-state index is 11.7. The number of carbonyl (C=O) groups excluding carboxylic acids is 2. The first kappa shape index (κ1) is 13.9. The molecule has 1 fully saturated rings. The summed E-state index contributed by atoms with van der Waals surface area (Å²) in [4.78, 5) is 24.4. The van der Waals surface area contributed by atoms with Crippen molar-refractivity contribution < 1.29 is 14.7 Å². The van der Waals surface area contributed by atoms with E-state index in [2.05, 4.69) is 5.32 Å². The molecule has 4 N–H and O–H groups in total. The van der Waals surface area contributed by atoms with E-state index in [1.807, 2.05) is 4.90 Å². The van der Waals surface area contributed by atoms with E-state index >= 15 is 0 Å². The molecule has 1 rings (SSSR count). The van der Waals surface area contributed by atoms with Crippen LogP contribution in [0.2, 0.25) is 0 Å². The SMILES string of the molecule is CC(C(=O)NC(N)=O)N(CCCO)C1CCC1. The molecule has 98 valence electrons. The number of rotatable bonds is 6. The van der Waals surface area contributed by atoms with E-state index in [0.717, 1.165) is 12.8 Å². The summed E-state index contributed by atoms with van der Waals surface area (Å²) in [5, 5.41) is 11.0. The minimum atomic E-state index is -0.822. The summed E-state index contributed by atoms with van der Waals surface area (Å²) in [6, 6.07) is -0.827. The van der Waals surface area contributed by atoms with Crippen LogP contribution in [-0.4, -0.2) is 47.2 Å². The Morgan fingerprint density at radius 2 is 2.18 bits per heavy atom. The summed E-state index contributed by atoms with van der Waals surface area (Å²) in [6.45, 7) is 2.52. The number of amides is 3. The normalized spacial score (nSPS) is 17.6. The molecule has 0 bridgehead atoms. The Kier molecular flexibility index (Phi) is 5.37. The van der Waals surface area contributed by atoms with Gasteiger partial charge in [-0.1, -0.05) is 6.42 Å². The lowest BCUT2D eigenvalue weighted by atomic mass is 9.90. The fraction of sp³-hybridized carbons (Fsp3) is 0.818. The monoisotopic (exact) mass is 243 g/mol. The van der Waals surface area contributed by atoms with E-state index in [0.29, 0.717) is 19.0 Å². The van der Waals surface area contributed by atoms with Crippen molar-refractivity contribution in [3.8, 4) is 0 Å². The van der Waals surface area contributed by atoms with Gasteiger partial charge in [0.2, 0.25) is 5.91 Å². The first-order valence-corrected chi connectivity index (χ1v) is 6.03. The smallest absolute Gasteiger partial charge is 0.318 e. The molecule has 1 aliphatic carbocycles. The number of urea groups is 1. The van der Waals surface area contributed by atoms with Gasteiger partial charge in [-0.2, -0.15) is 0 Å². The van der Waals surface area contributed by atoms with Crippen molar-refractivity contribution in [1.29, 1.82) is 0 Å². The molecule has 1 atom stereocenters. The summed E-state index contributed by atoms with van der Waals surface area (Å²) in [7, 11) is 0. The van der Waals surface area contributed by atoms with E-state index in [4.69, 9.17) is 10.8 Å². The number of nitrogens with one attached hydrogen (secondary N) is 1. The summed E-state index contributed by atoms with van der Waals surface area (Å²) in [5.74, 6) is -0.373. The molecular weight excluding hydrogens is 222 g/mol. The van der Waals surface area contributed by atoms with Gasteiger partial charge in [0.15, 0.2) is 0 Å². The molecule has 0 aromatic heterocycles. The van der Waals surface area contributed by atoms with Crippen molar-refractivity contribution in [2.45, 2.75) is 44.7 Å². The predicted octanol–water partition coefficient (Wildman–Crippen LogP) is -0.193. The van der Waals surface area contributed by atoms with Crippen LogP contribution < -0.4 is 11.1 Å². The van der Waals surface area contributed by atoms with Gasteiger partial charge in [0, 0.05) is 19.2 Å². The largest absolute Gasteiger partial charge is 0.396 e. The van der Waals surface area contributed by atoms with E-state index in [9.17, 15) is 9.59 Å². The van der Waals surface area contributed by atoms with Crippen molar-refractivity contribution in [1.82, 2.24) is 10.2 Å². The van der Waals surface area contributed by atoms with Gasteiger partial charge in [-0.25, -0.2) is 4.79 Å². The van der Waals surface area contributed by atoms with Crippen molar-refractivity contribution in [3.05, 3.63) is 0 Å². The van der Waals surface area contributed by atoms with E-state index < -0.39 is 6.03 Å². The minimum absolute atomic E-state index is 0.105. The highest BCUT2D eigenvalue weighted by atomic mass is 16.3. The average Bonchev–Trinajstić information content (AvgIpc) is 2.19. The number of carbonyl (C=O) groups is 2. The van der Waals surface area contributed by atoms with E-state index in [1.54, 1.807) is 6.92 Å². The number of nitrogens with two attached hydrogens (primary N) is 1. The third-order valence-corrected chi connectivity index (χ3v) is 3.24. The molecular formula is C11H21N3O3. The van der Waals surface area contributed by atoms with Gasteiger partial charge < -0.3 is 10.8 Å². The molecule has 0 radical (unpaired) electrons. The molecule has 0 aromatic carbocycles. The fourth-order valence-electron chi connectivity index (χ4n) is 2.04. The van der Waals surface area contributed by atoms with Crippen LogP contribution in [0.25, 0.3) is 0 Å². The second-order valence-corrected chi connectivity index (χ2v) is 4.43. The Hall–Kier alpha value is -1.14. The Labute approximate surface area is 101 Å². The van der Waals surface area contributed by atoms with Crippen LogP contribution in [0.1, 0.15) is 32.6 Å². The standard InChI is InChI=1S/C11H21N3O3/c1-8(10(16)13-11(12)17)14(6-3-7-15)9-4-2-5-9/h8-9,15H,2-7H2,1H3,(H3,12,13,16,17). The molecule has 0 aliphatic heterocycles. The van der Waals surface area contributed by atoms with E-state index in [1.165, 1.54) is 6.42 Å². The highest BCUT2D eigenvalue weighted by molar-refractivity contribution is 5.96. The van der Waals surface area contributed by atoms with Crippen molar-refractivity contribution >= 4 is 11.9 Å². The first-order chi connectivity index (χ1) is 8.06. The van der Waals surface area contributed by atoms with Crippen LogP contribution in [0.4, 0.5) is 4.79 Å². The van der Waals surface area contributed by atoms with Crippen molar-refractivity contribution in [2.75, 3.05) is 13.2 Å². The highest BCUT2D eigenvalue weighted by Crippen LogP contribution is 2.26. The van der Waals surface area contributed by atoms with Crippen LogP contribution in [0, 0.1) is 0 Å². The zero-order chi connectivity index (χ0) is 12.8. The van der Waals surface area contributed by atoms with Crippen molar-refractivity contribution in [3.63, 3.8) is 0 Å². The minimum Gasteiger partial charge on any atom is -0.396 e. The highest BCUT2D eigenvalue weighted by Gasteiger charge is 2.31. The number of primary amides is 1. The van der Waals surface area contributed by atoms with Gasteiger partial charge in [0.1, 0.15) is 0 Å². The number of nitrogens with zero attached hydrogens (tertiary/aromatic N) is 1. The van der Waals surface area contributed by atoms with Crippen LogP contribution in [-0.2, 0) is 4.79 Å². The molecule has 1 aliphatic rings. The van der Waals surface area contributed by atoms with Gasteiger partial charge in [0.25, 0.3) is 0 Å². The van der Waals surface area contributed by atoms with Gasteiger partial charge >= 0.3 is 6.03 Å². The third kappa shape index (κ3) is 3.98. The topological polar surface area (TPSA) is 95.7 Å². The van der Waals surface area contributed by atoms with Gasteiger partial charge in [0.05, 0.1) is 6.04 Å². The molecule has 0 aromatic rings. The van der Waals surface area contributed by atoms with Gasteiger partial charge in [-0.3, -0.25) is 15.0 Å². The lowest BCUT2D eigenvalue weighted by Crippen LogP contribution is -2.53. The number of hydrogen-bond donors (Lipinski definition) is 3. The Balaban J connectivity index is 2.54. The molecule has 0 spiro atoms. The van der Waals surface area contributed by atoms with Crippen molar-refractivity contribution in [2.24, 2.45) is 5.73 Å². The Morgan fingerprint density at radius 3 is 2.59 bits per heavy atom. The van der Waals surface area contributed by atoms with Gasteiger partial charge in [-0.15, -0.1) is 0 Å². The quantitative estimate of drug-likeness (QED) is 0.602. The van der Waals surface area contributed by atoms with E-state index in [-0.39, 0.29) is 18.6 Å². The number of hydrogen-bond acceptors (Lipinski definition) is 4. The maximum absolute atomic E-state index is 11.7. The average molecular weight is 243 g/mol. The van der Waals surface area contributed by atoms with Crippen LogP contribution in [0.3, 0.4) is 0 Å². The summed E-state index contributed by atoms with van der Waals surface area (Å²) in [6.07, 6.45) is 3.94. The van der Waals surface area contributed by atoms with Gasteiger partial charge in [-0.05, 0) is 26.2 Å². The molecule has 1 saturated carbocycles. The molecule has 17 heavy (non-hydrogen) atoms.